The number of anilines is 1. The van der Waals surface area contributed by atoms with E-state index >= 15 is 0 Å². The van der Waals surface area contributed by atoms with Crippen LogP contribution in [0.25, 0.3) is 0 Å². The lowest BCUT2D eigenvalue weighted by atomic mass is 9.96. The molecule has 1 saturated heterocycles. The third-order valence-corrected chi connectivity index (χ3v) is 3.81. The highest BCUT2D eigenvalue weighted by molar-refractivity contribution is 9.09. The minimum absolute atomic E-state index is 0.653. The van der Waals surface area contributed by atoms with E-state index < -0.39 is 0 Å². The zero-order chi connectivity index (χ0) is 13.0. The van der Waals surface area contributed by atoms with Gasteiger partial charge in [-0.3, -0.25) is 0 Å². The molecule has 18 heavy (non-hydrogen) atoms. The van der Waals surface area contributed by atoms with Crippen LogP contribution in [-0.2, 0) is 0 Å². The molecule has 0 aliphatic carbocycles. The smallest absolute Gasteiger partial charge is 0.228 e. The number of rotatable bonds is 4. The lowest BCUT2D eigenvalue weighted by Crippen LogP contribution is -2.36. The zero-order valence-corrected chi connectivity index (χ0v) is 12.6. The Balaban J connectivity index is 2.12. The number of ether oxygens (including phenoxy) is 1. The molecular formula is C13H20BrN3O. The summed E-state index contributed by atoms with van der Waals surface area (Å²) in [4.78, 5) is 11.3. The van der Waals surface area contributed by atoms with E-state index in [4.69, 9.17) is 4.74 Å². The van der Waals surface area contributed by atoms with Crippen molar-refractivity contribution in [2.24, 2.45) is 5.92 Å². The largest absolute Gasteiger partial charge is 0.481 e. The van der Waals surface area contributed by atoms with E-state index in [-0.39, 0.29) is 0 Å². The van der Waals surface area contributed by atoms with E-state index in [2.05, 4.69) is 30.8 Å². The number of aryl methyl sites for hydroxylation is 1. The van der Waals surface area contributed by atoms with Crippen molar-refractivity contribution < 1.29 is 4.74 Å². The fourth-order valence-electron chi connectivity index (χ4n) is 2.41. The number of alkyl halides is 1. The van der Waals surface area contributed by atoms with E-state index in [0.717, 1.165) is 36.0 Å². The predicted octanol–water partition coefficient (Wildman–Crippen LogP) is 2.80. The molecule has 2 heterocycles. The first kappa shape index (κ1) is 13.6. The van der Waals surface area contributed by atoms with Crippen molar-refractivity contribution in [3.05, 3.63) is 11.8 Å². The van der Waals surface area contributed by atoms with Crippen molar-refractivity contribution in [3.63, 3.8) is 0 Å². The first-order valence-electron chi connectivity index (χ1n) is 6.43. The summed E-state index contributed by atoms with van der Waals surface area (Å²) in [7, 11) is 1.65. The first-order valence-corrected chi connectivity index (χ1v) is 7.55. The van der Waals surface area contributed by atoms with Gasteiger partial charge in [-0.1, -0.05) is 15.9 Å². The summed E-state index contributed by atoms with van der Waals surface area (Å²) in [5.41, 5.74) is 0.958. The number of hydrogen-bond donors (Lipinski definition) is 0. The number of piperidine rings is 1. The maximum Gasteiger partial charge on any atom is 0.228 e. The van der Waals surface area contributed by atoms with Crippen LogP contribution in [0.5, 0.6) is 5.88 Å². The van der Waals surface area contributed by atoms with Gasteiger partial charge in [0.1, 0.15) is 0 Å². The second-order valence-corrected chi connectivity index (χ2v) is 5.58. The number of halogens is 1. The molecule has 1 atom stereocenters. The number of methoxy groups -OCH3 is 1. The quantitative estimate of drug-likeness (QED) is 0.801. The normalized spacial score (nSPS) is 19.9. The Labute approximate surface area is 117 Å². The lowest BCUT2D eigenvalue weighted by molar-refractivity contribution is 0.387. The average Bonchev–Trinajstić information content (AvgIpc) is 2.39. The minimum atomic E-state index is 0.653. The van der Waals surface area contributed by atoms with Gasteiger partial charge in [-0.05, 0) is 32.1 Å². The maximum absolute atomic E-state index is 5.22. The molecule has 0 spiro atoms. The molecule has 4 nitrogen and oxygen atoms in total. The second-order valence-electron chi connectivity index (χ2n) is 4.78. The van der Waals surface area contributed by atoms with Crippen LogP contribution in [-0.4, -0.2) is 35.5 Å². The standard InChI is InChI=1S/C13H20BrN3O/c1-10-8-12(18-2)16-13(15-10)17-7-3-4-11(9-17)5-6-14/h8,11H,3-7,9H2,1-2H3. The molecule has 1 aromatic heterocycles. The number of nitrogens with zero attached hydrogens (tertiary/aromatic N) is 3. The molecule has 1 aliphatic rings. The SMILES string of the molecule is COc1cc(C)nc(N2CCCC(CCBr)C2)n1. The van der Waals surface area contributed by atoms with Crippen molar-refractivity contribution in [3.8, 4) is 5.88 Å². The fraction of sp³-hybridized carbons (Fsp3) is 0.692. The summed E-state index contributed by atoms with van der Waals surface area (Å²) in [5.74, 6) is 2.21. The summed E-state index contributed by atoms with van der Waals surface area (Å²) in [5, 5.41) is 1.07. The summed E-state index contributed by atoms with van der Waals surface area (Å²) in [6.07, 6.45) is 3.75. The van der Waals surface area contributed by atoms with Crippen molar-refractivity contribution in [1.29, 1.82) is 0 Å². The van der Waals surface area contributed by atoms with Gasteiger partial charge >= 0.3 is 0 Å². The molecule has 100 valence electrons. The Morgan fingerprint density at radius 2 is 2.33 bits per heavy atom. The molecule has 1 fully saturated rings. The predicted molar refractivity (Wildman–Crippen MR) is 76.7 cm³/mol. The van der Waals surface area contributed by atoms with Gasteiger partial charge in [0.05, 0.1) is 7.11 Å². The molecule has 5 heteroatoms. The Morgan fingerprint density at radius 1 is 1.50 bits per heavy atom. The second kappa shape index (κ2) is 6.36. The van der Waals surface area contributed by atoms with Crippen molar-refractivity contribution in [2.45, 2.75) is 26.2 Å². The summed E-state index contributed by atoms with van der Waals surface area (Å²) >= 11 is 3.53. The van der Waals surface area contributed by atoms with E-state index in [1.807, 2.05) is 13.0 Å². The topological polar surface area (TPSA) is 38.2 Å². The third-order valence-electron chi connectivity index (χ3n) is 3.35. The van der Waals surface area contributed by atoms with Crippen molar-refractivity contribution >= 4 is 21.9 Å². The highest BCUT2D eigenvalue weighted by Crippen LogP contribution is 2.24. The summed E-state index contributed by atoms with van der Waals surface area (Å²) in [6, 6.07) is 1.86. The van der Waals surface area contributed by atoms with Gasteiger partial charge in [-0.15, -0.1) is 0 Å². The fourth-order valence-corrected chi connectivity index (χ4v) is 3.05. The monoisotopic (exact) mass is 313 g/mol. The zero-order valence-electron chi connectivity index (χ0n) is 11.0. The Hall–Kier alpha value is -0.840. The van der Waals surface area contributed by atoms with Crippen LogP contribution < -0.4 is 9.64 Å². The Kier molecular flexibility index (Phi) is 4.80. The molecule has 1 aromatic rings. The molecule has 0 radical (unpaired) electrons. The third kappa shape index (κ3) is 3.34. The van der Waals surface area contributed by atoms with Gasteiger partial charge in [0.15, 0.2) is 0 Å². The molecule has 0 N–H and O–H groups in total. The van der Waals surface area contributed by atoms with E-state index in [1.54, 1.807) is 7.11 Å². The van der Waals surface area contributed by atoms with Gasteiger partial charge in [-0.2, -0.15) is 4.98 Å². The van der Waals surface area contributed by atoms with E-state index in [9.17, 15) is 0 Å². The van der Waals surface area contributed by atoms with Crippen LogP contribution in [0, 0.1) is 12.8 Å². The maximum atomic E-state index is 5.22. The summed E-state index contributed by atoms with van der Waals surface area (Å²) in [6.45, 7) is 4.08. The molecule has 1 unspecified atom stereocenters. The average molecular weight is 314 g/mol. The molecular weight excluding hydrogens is 294 g/mol. The van der Waals surface area contributed by atoms with Crippen LogP contribution in [0.3, 0.4) is 0 Å². The number of aromatic nitrogens is 2. The number of hydrogen-bond acceptors (Lipinski definition) is 4. The highest BCUT2D eigenvalue weighted by atomic mass is 79.9. The Bertz CT molecular complexity index is 398. The highest BCUT2D eigenvalue weighted by Gasteiger charge is 2.21. The van der Waals surface area contributed by atoms with E-state index in [1.165, 1.54) is 19.3 Å². The van der Waals surface area contributed by atoms with Gasteiger partial charge in [0, 0.05) is 30.2 Å². The van der Waals surface area contributed by atoms with E-state index in [0.29, 0.717) is 5.88 Å². The van der Waals surface area contributed by atoms with Crippen LogP contribution >= 0.6 is 15.9 Å². The Morgan fingerprint density at radius 3 is 3.06 bits per heavy atom. The molecule has 0 saturated carbocycles. The first-order chi connectivity index (χ1) is 8.72. The van der Waals surface area contributed by atoms with Crippen LogP contribution in [0.4, 0.5) is 5.95 Å². The molecule has 1 aliphatic heterocycles. The lowest BCUT2D eigenvalue weighted by Gasteiger charge is -2.32. The molecule has 2 rings (SSSR count). The van der Waals surface area contributed by atoms with Crippen LogP contribution in [0.15, 0.2) is 6.07 Å². The van der Waals surface area contributed by atoms with Gasteiger partial charge in [0.2, 0.25) is 11.8 Å². The van der Waals surface area contributed by atoms with Gasteiger partial charge < -0.3 is 9.64 Å². The van der Waals surface area contributed by atoms with Gasteiger partial charge in [-0.25, -0.2) is 4.98 Å². The summed E-state index contributed by atoms with van der Waals surface area (Å²) < 4.78 is 5.22. The van der Waals surface area contributed by atoms with Crippen molar-refractivity contribution in [1.82, 2.24) is 9.97 Å². The molecule has 0 bridgehead atoms. The van der Waals surface area contributed by atoms with Gasteiger partial charge in [0.25, 0.3) is 0 Å². The minimum Gasteiger partial charge on any atom is -0.481 e. The van der Waals surface area contributed by atoms with Crippen LogP contribution in [0.1, 0.15) is 25.0 Å². The molecule has 0 aromatic carbocycles. The van der Waals surface area contributed by atoms with Crippen molar-refractivity contribution in [2.75, 3.05) is 30.4 Å². The van der Waals surface area contributed by atoms with Crippen LogP contribution in [0.2, 0.25) is 0 Å². The molecule has 0 amide bonds.